The van der Waals surface area contributed by atoms with E-state index in [1.165, 1.54) is 6.08 Å². The molecular formula is C9H13F3. The Morgan fingerprint density at radius 2 is 2.17 bits per heavy atom. The van der Waals surface area contributed by atoms with E-state index in [0.717, 1.165) is 6.42 Å². The lowest BCUT2D eigenvalue weighted by atomic mass is 9.88. The molecule has 0 bridgehead atoms. The van der Waals surface area contributed by atoms with Crippen LogP contribution in [0.5, 0.6) is 0 Å². The lowest BCUT2D eigenvalue weighted by Gasteiger charge is -2.21. The molecular weight excluding hydrogens is 165 g/mol. The Morgan fingerprint density at radius 3 is 2.50 bits per heavy atom. The molecule has 0 saturated heterocycles. The second kappa shape index (κ2) is 3.50. The van der Waals surface area contributed by atoms with Gasteiger partial charge < -0.3 is 0 Å². The van der Waals surface area contributed by atoms with Crippen molar-refractivity contribution in [1.29, 1.82) is 0 Å². The summed E-state index contributed by atoms with van der Waals surface area (Å²) in [6.45, 7) is 2.02. The van der Waals surface area contributed by atoms with E-state index in [4.69, 9.17) is 0 Å². The molecule has 0 amide bonds. The Morgan fingerprint density at radius 1 is 1.50 bits per heavy atom. The highest BCUT2D eigenvalue weighted by Crippen LogP contribution is 2.35. The summed E-state index contributed by atoms with van der Waals surface area (Å²) in [5.41, 5.74) is -0.327. The molecule has 0 aliphatic heterocycles. The molecule has 0 spiro atoms. The van der Waals surface area contributed by atoms with Gasteiger partial charge in [-0.25, -0.2) is 0 Å². The summed E-state index contributed by atoms with van der Waals surface area (Å²) in [5, 5.41) is 0. The molecule has 70 valence electrons. The third-order valence-corrected chi connectivity index (χ3v) is 2.46. The summed E-state index contributed by atoms with van der Waals surface area (Å²) in [6, 6.07) is 0. The van der Waals surface area contributed by atoms with Crippen LogP contribution in [-0.2, 0) is 0 Å². The number of alkyl halides is 3. The van der Waals surface area contributed by atoms with Gasteiger partial charge in [-0.1, -0.05) is 19.4 Å². The second-order valence-electron chi connectivity index (χ2n) is 3.28. The summed E-state index contributed by atoms with van der Waals surface area (Å²) >= 11 is 0. The molecule has 12 heavy (non-hydrogen) atoms. The SMILES string of the molecule is CCC1CC=C(C(F)(F)F)CC1. The Hall–Kier alpha value is -0.470. The smallest absolute Gasteiger partial charge is 0.166 e. The van der Waals surface area contributed by atoms with Crippen LogP contribution < -0.4 is 0 Å². The monoisotopic (exact) mass is 178 g/mol. The summed E-state index contributed by atoms with van der Waals surface area (Å²) in [4.78, 5) is 0. The zero-order chi connectivity index (χ0) is 9.19. The lowest BCUT2D eigenvalue weighted by Crippen LogP contribution is -2.16. The van der Waals surface area contributed by atoms with Crippen molar-refractivity contribution in [1.82, 2.24) is 0 Å². The number of hydrogen-bond donors (Lipinski definition) is 0. The standard InChI is InChI=1S/C9H13F3/c1-2-7-3-5-8(6-4-7)9(10,11)12/h5,7H,2-4,6H2,1H3. The molecule has 0 aromatic carbocycles. The lowest BCUT2D eigenvalue weighted by molar-refractivity contribution is -0.0956. The van der Waals surface area contributed by atoms with Gasteiger partial charge in [-0.05, 0) is 25.2 Å². The molecule has 0 radical (unpaired) electrons. The van der Waals surface area contributed by atoms with Crippen LogP contribution in [-0.4, -0.2) is 6.18 Å². The van der Waals surface area contributed by atoms with Crippen LogP contribution in [0.15, 0.2) is 11.6 Å². The maximum absolute atomic E-state index is 12.1. The van der Waals surface area contributed by atoms with E-state index in [1.54, 1.807) is 0 Å². The Bertz CT molecular complexity index is 179. The van der Waals surface area contributed by atoms with Crippen molar-refractivity contribution in [2.45, 2.75) is 38.8 Å². The van der Waals surface area contributed by atoms with E-state index in [0.29, 0.717) is 18.8 Å². The molecule has 1 rings (SSSR count). The quantitative estimate of drug-likeness (QED) is 0.537. The molecule has 0 saturated carbocycles. The fraction of sp³-hybridized carbons (Fsp3) is 0.778. The number of allylic oxidation sites excluding steroid dienone is 2. The van der Waals surface area contributed by atoms with Crippen molar-refractivity contribution in [2.24, 2.45) is 5.92 Å². The van der Waals surface area contributed by atoms with Crippen LogP contribution in [0, 0.1) is 5.92 Å². The van der Waals surface area contributed by atoms with Crippen molar-refractivity contribution < 1.29 is 13.2 Å². The van der Waals surface area contributed by atoms with Crippen LogP contribution in [0.2, 0.25) is 0 Å². The summed E-state index contributed by atoms with van der Waals surface area (Å²) < 4.78 is 36.3. The van der Waals surface area contributed by atoms with Gasteiger partial charge in [0.1, 0.15) is 0 Å². The van der Waals surface area contributed by atoms with Gasteiger partial charge in [-0.3, -0.25) is 0 Å². The van der Waals surface area contributed by atoms with E-state index >= 15 is 0 Å². The van der Waals surface area contributed by atoms with Gasteiger partial charge in [-0.15, -0.1) is 0 Å². The molecule has 0 aromatic heterocycles. The van der Waals surface area contributed by atoms with Gasteiger partial charge >= 0.3 is 6.18 Å². The maximum atomic E-state index is 12.1. The van der Waals surface area contributed by atoms with E-state index in [9.17, 15) is 13.2 Å². The molecule has 1 unspecified atom stereocenters. The Labute approximate surface area is 70.5 Å². The average molecular weight is 178 g/mol. The molecule has 0 fully saturated rings. The summed E-state index contributed by atoms with van der Waals surface area (Å²) in [6.07, 6.45) is -0.229. The maximum Gasteiger partial charge on any atom is 0.412 e. The summed E-state index contributed by atoms with van der Waals surface area (Å²) in [7, 11) is 0. The Balaban J connectivity index is 2.56. The molecule has 0 N–H and O–H groups in total. The second-order valence-corrected chi connectivity index (χ2v) is 3.28. The number of rotatable bonds is 1. The van der Waals surface area contributed by atoms with E-state index in [1.807, 2.05) is 6.92 Å². The molecule has 1 atom stereocenters. The third-order valence-electron chi connectivity index (χ3n) is 2.46. The highest BCUT2D eigenvalue weighted by molar-refractivity contribution is 5.12. The minimum Gasteiger partial charge on any atom is -0.166 e. The van der Waals surface area contributed by atoms with Crippen molar-refractivity contribution in [3.63, 3.8) is 0 Å². The van der Waals surface area contributed by atoms with E-state index in [2.05, 4.69) is 0 Å². The number of halogens is 3. The van der Waals surface area contributed by atoms with Crippen molar-refractivity contribution in [3.05, 3.63) is 11.6 Å². The predicted molar refractivity (Wildman–Crippen MR) is 41.8 cm³/mol. The largest absolute Gasteiger partial charge is 0.412 e. The first-order valence-electron chi connectivity index (χ1n) is 4.30. The number of hydrogen-bond acceptors (Lipinski definition) is 0. The molecule has 0 aromatic rings. The fourth-order valence-electron chi connectivity index (χ4n) is 1.52. The van der Waals surface area contributed by atoms with Gasteiger partial charge in [0.15, 0.2) is 0 Å². The molecule has 3 heteroatoms. The van der Waals surface area contributed by atoms with Crippen LogP contribution in [0.3, 0.4) is 0 Å². The van der Waals surface area contributed by atoms with Gasteiger partial charge in [0.05, 0.1) is 0 Å². The average Bonchev–Trinajstić information content (AvgIpc) is 2.03. The van der Waals surface area contributed by atoms with Gasteiger partial charge in [0.2, 0.25) is 0 Å². The minimum absolute atomic E-state index is 0.210. The van der Waals surface area contributed by atoms with E-state index < -0.39 is 6.18 Å². The predicted octanol–water partition coefficient (Wildman–Crippen LogP) is 3.69. The molecule has 1 aliphatic rings. The third kappa shape index (κ3) is 2.26. The van der Waals surface area contributed by atoms with Crippen LogP contribution in [0.1, 0.15) is 32.6 Å². The van der Waals surface area contributed by atoms with E-state index in [-0.39, 0.29) is 12.0 Å². The topological polar surface area (TPSA) is 0 Å². The Kier molecular flexibility index (Phi) is 2.80. The normalized spacial score (nSPS) is 25.3. The first-order chi connectivity index (χ1) is 5.54. The van der Waals surface area contributed by atoms with Gasteiger partial charge in [-0.2, -0.15) is 13.2 Å². The van der Waals surface area contributed by atoms with Crippen LogP contribution >= 0.6 is 0 Å². The highest BCUT2D eigenvalue weighted by atomic mass is 19.4. The van der Waals surface area contributed by atoms with Crippen LogP contribution in [0.4, 0.5) is 13.2 Å². The van der Waals surface area contributed by atoms with Crippen molar-refractivity contribution in [2.75, 3.05) is 0 Å². The zero-order valence-electron chi connectivity index (χ0n) is 7.12. The first-order valence-corrected chi connectivity index (χ1v) is 4.30. The first kappa shape index (κ1) is 9.62. The molecule has 1 aliphatic carbocycles. The summed E-state index contributed by atoms with van der Waals surface area (Å²) in [5.74, 6) is 0.469. The highest BCUT2D eigenvalue weighted by Gasteiger charge is 2.34. The van der Waals surface area contributed by atoms with Gasteiger partial charge in [0, 0.05) is 5.57 Å². The molecule has 0 nitrogen and oxygen atoms in total. The van der Waals surface area contributed by atoms with Crippen molar-refractivity contribution in [3.8, 4) is 0 Å². The molecule has 0 heterocycles. The fourth-order valence-corrected chi connectivity index (χ4v) is 1.52. The van der Waals surface area contributed by atoms with Gasteiger partial charge in [0.25, 0.3) is 0 Å². The minimum atomic E-state index is -4.08. The van der Waals surface area contributed by atoms with Crippen molar-refractivity contribution >= 4 is 0 Å². The zero-order valence-corrected chi connectivity index (χ0v) is 7.12. The van der Waals surface area contributed by atoms with Crippen LogP contribution in [0.25, 0.3) is 0 Å².